The minimum Gasteiger partial charge on any atom is -0.480 e. The van der Waals surface area contributed by atoms with Gasteiger partial charge in [-0.05, 0) is 12.1 Å². The number of benzene rings is 1. The van der Waals surface area contributed by atoms with E-state index in [2.05, 4.69) is 20.4 Å². The van der Waals surface area contributed by atoms with Crippen LogP contribution in [0.2, 0.25) is 0 Å². The van der Waals surface area contributed by atoms with Crippen LogP contribution in [0.5, 0.6) is 0 Å². The van der Waals surface area contributed by atoms with Crippen LogP contribution in [-0.2, 0) is 15.7 Å². The Hall–Kier alpha value is -2.95. The molecule has 134 valence electrons. The van der Waals surface area contributed by atoms with Crippen molar-refractivity contribution in [1.82, 2.24) is 20.3 Å². The number of rotatable bonds is 6. The Bertz CT molecular complexity index is 775. The van der Waals surface area contributed by atoms with E-state index in [0.717, 1.165) is 16.9 Å². The predicted molar refractivity (Wildman–Crippen MR) is 77.1 cm³/mol. The minimum atomic E-state index is -4.61. The highest BCUT2D eigenvalue weighted by atomic mass is 19.4. The van der Waals surface area contributed by atoms with Crippen LogP contribution in [0, 0.1) is 0 Å². The summed E-state index contributed by atoms with van der Waals surface area (Å²) < 4.78 is 44.5. The van der Waals surface area contributed by atoms with Crippen LogP contribution in [0.4, 0.5) is 13.2 Å². The van der Waals surface area contributed by atoms with E-state index < -0.39 is 29.7 Å². The Morgan fingerprint density at radius 3 is 2.64 bits per heavy atom. The topological polar surface area (TPSA) is 106 Å². The van der Waals surface area contributed by atoms with Crippen molar-refractivity contribution in [3.8, 4) is 5.69 Å². The van der Waals surface area contributed by atoms with Crippen molar-refractivity contribution in [3.63, 3.8) is 0 Å². The van der Waals surface area contributed by atoms with E-state index in [1.807, 2.05) is 0 Å². The Kier molecular flexibility index (Phi) is 5.37. The maximum atomic E-state index is 13.0. The van der Waals surface area contributed by atoms with Crippen molar-refractivity contribution in [2.75, 3.05) is 13.7 Å². The molecule has 1 aromatic heterocycles. The summed E-state index contributed by atoms with van der Waals surface area (Å²) in [6.07, 6.45) is -3.64. The van der Waals surface area contributed by atoms with Crippen LogP contribution >= 0.6 is 0 Å². The zero-order valence-electron chi connectivity index (χ0n) is 12.8. The number of aromatic nitrogens is 3. The highest BCUT2D eigenvalue weighted by Crippen LogP contribution is 2.33. The van der Waals surface area contributed by atoms with Gasteiger partial charge in [-0.1, -0.05) is 17.3 Å². The van der Waals surface area contributed by atoms with Gasteiger partial charge in [0.15, 0.2) is 11.7 Å². The summed E-state index contributed by atoms with van der Waals surface area (Å²) in [6.45, 7) is -0.286. The maximum absolute atomic E-state index is 13.0. The molecule has 0 fully saturated rings. The molecule has 0 saturated carbocycles. The van der Waals surface area contributed by atoms with Crippen molar-refractivity contribution < 1.29 is 32.6 Å². The first-order chi connectivity index (χ1) is 11.7. The first-order valence-electron chi connectivity index (χ1n) is 6.85. The fraction of sp³-hybridized carbons (Fsp3) is 0.286. The van der Waals surface area contributed by atoms with Crippen molar-refractivity contribution in [1.29, 1.82) is 0 Å². The number of para-hydroxylation sites is 1. The quantitative estimate of drug-likeness (QED) is 0.801. The zero-order chi connectivity index (χ0) is 18.6. The van der Waals surface area contributed by atoms with Gasteiger partial charge in [0, 0.05) is 7.11 Å². The van der Waals surface area contributed by atoms with E-state index in [1.54, 1.807) is 0 Å². The average molecular weight is 358 g/mol. The molecule has 0 aliphatic heterocycles. The summed E-state index contributed by atoms with van der Waals surface area (Å²) in [4.78, 5) is 23.0. The van der Waals surface area contributed by atoms with Crippen LogP contribution in [0.3, 0.4) is 0 Å². The summed E-state index contributed by atoms with van der Waals surface area (Å²) >= 11 is 0. The minimum absolute atomic E-state index is 0.286. The normalized spacial score (nSPS) is 12.6. The molecule has 2 aromatic rings. The van der Waals surface area contributed by atoms with Crippen molar-refractivity contribution in [3.05, 3.63) is 41.7 Å². The number of carboxylic acids is 1. The van der Waals surface area contributed by atoms with Gasteiger partial charge in [0.25, 0.3) is 5.91 Å². The number of aliphatic carboxylic acids is 1. The van der Waals surface area contributed by atoms with Crippen LogP contribution in [-0.4, -0.2) is 51.7 Å². The number of hydrogen-bond donors (Lipinski definition) is 2. The molecule has 1 aromatic carbocycles. The molecule has 2 rings (SSSR count). The molecule has 8 nitrogen and oxygen atoms in total. The largest absolute Gasteiger partial charge is 0.480 e. The number of nitrogens with zero attached hydrogens (tertiary/aromatic N) is 3. The van der Waals surface area contributed by atoms with Crippen LogP contribution in [0.1, 0.15) is 16.1 Å². The van der Waals surface area contributed by atoms with Gasteiger partial charge in [-0.2, -0.15) is 13.2 Å². The lowest BCUT2D eigenvalue weighted by atomic mass is 10.1. The lowest BCUT2D eigenvalue weighted by molar-refractivity contribution is -0.140. The monoisotopic (exact) mass is 358 g/mol. The molecule has 0 spiro atoms. The number of nitrogens with one attached hydrogen (secondary N) is 1. The van der Waals surface area contributed by atoms with Crippen LogP contribution in [0.15, 0.2) is 30.5 Å². The fourth-order valence-electron chi connectivity index (χ4n) is 1.97. The summed E-state index contributed by atoms with van der Waals surface area (Å²) in [6, 6.07) is 3.31. The van der Waals surface area contributed by atoms with Gasteiger partial charge in [0.1, 0.15) is 0 Å². The number of hydrogen-bond acceptors (Lipinski definition) is 5. The molecule has 25 heavy (non-hydrogen) atoms. The first kappa shape index (κ1) is 18.4. The summed E-state index contributed by atoms with van der Waals surface area (Å²) in [5.41, 5.74) is -1.60. The first-order valence-corrected chi connectivity index (χ1v) is 6.85. The third-order valence-electron chi connectivity index (χ3n) is 3.12. The highest BCUT2D eigenvalue weighted by molar-refractivity contribution is 5.94. The second-order valence-corrected chi connectivity index (χ2v) is 4.88. The number of amides is 1. The number of carbonyl (C=O) groups is 2. The Morgan fingerprint density at radius 2 is 2.04 bits per heavy atom. The molecule has 0 aliphatic rings. The Labute approximate surface area is 139 Å². The fourth-order valence-corrected chi connectivity index (χ4v) is 1.97. The molecule has 1 atom stereocenters. The van der Waals surface area contributed by atoms with Crippen molar-refractivity contribution in [2.24, 2.45) is 0 Å². The number of carbonyl (C=O) groups excluding carboxylic acids is 1. The Morgan fingerprint density at radius 1 is 1.36 bits per heavy atom. The molecule has 0 bridgehead atoms. The SMILES string of the molecule is COCC(NC(=O)c1cn(-c2ccccc2C(F)(F)F)nn1)C(=O)O. The molecule has 1 unspecified atom stereocenters. The number of ether oxygens (including phenoxy) is 1. The van der Waals surface area contributed by atoms with E-state index in [0.29, 0.717) is 0 Å². The average Bonchev–Trinajstić information content (AvgIpc) is 3.03. The molecule has 1 amide bonds. The molecule has 2 N–H and O–H groups in total. The summed E-state index contributed by atoms with van der Waals surface area (Å²) in [5, 5.41) is 18.1. The molecule has 0 aliphatic carbocycles. The van der Waals surface area contributed by atoms with E-state index >= 15 is 0 Å². The molecule has 0 saturated heterocycles. The zero-order valence-corrected chi connectivity index (χ0v) is 12.8. The van der Waals surface area contributed by atoms with Crippen LogP contribution < -0.4 is 5.32 Å². The van der Waals surface area contributed by atoms with Gasteiger partial charge < -0.3 is 15.2 Å². The number of methoxy groups -OCH3 is 1. The second kappa shape index (κ2) is 7.30. The van der Waals surface area contributed by atoms with Crippen LogP contribution in [0.25, 0.3) is 5.69 Å². The second-order valence-electron chi connectivity index (χ2n) is 4.88. The number of alkyl halides is 3. The molecular formula is C14H13F3N4O4. The van der Waals surface area contributed by atoms with E-state index in [-0.39, 0.29) is 18.0 Å². The van der Waals surface area contributed by atoms with E-state index in [4.69, 9.17) is 5.11 Å². The van der Waals surface area contributed by atoms with Gasteiger partial charge in [-0.25, -0.2) is 9.48 Å². The summed E-state index contributed by atoms with van der Waals surface area (Å²) in [7, 11) is 1.26. The smallest absolute Gasteiger partial charge is 0.418 e. The Balaban J connectivity index is 2.26. The van der Waals surface area contributed by atoms with Crippen molar-refractivity contribution in [2.45, 2.75) is 12.2 Å². The highest BCUT2D eigenvalue weighted by Gasteiger charge is 2.34. The number of carboxylic acid groups (broad SMARTS) is 1. The molecular weight excluding hydrogens is 345 g/mol. The summed E-state index contributed by atoms with van der Waals surface area (Å²) in [5.74, 6) is -2.23. The van der Waals surface area contributed by atoms with E-state index in [9.17, 15) is 22.8 Å². The van der Waals surface area contributed by atoms with Gasteiger partial charge >= 0.3 is 12.1 Å². The predicted octanol–water partition coefficient (Wildman–Crippen LogP) is 1.12. The van der Waals surface area contributed by atoms with Gasteiger partial charge in [-0.3, -0.25) is 4.79 Å². The third kappa shape index (κ3) is 4.32. The van der Waals surface area contributed by atoms with Gasteiger partial charge in [0.05, 0.1) is 24.1 Å². The van der Waals surface area contributed by atoms with Crippen molar-refractivity contribution >= 4 is 11.9 Å². The maximum Gasteiger partial charge on any atom is 0.418 e. The van der Waals surface area contributed by atoms with E-state index in [1.165, 1.54) is 25.3 Å². The lowest BCUT2D eigenvalue weighted by Crippen LogP contribution is -2.43. The lowest BCUT2D eigenvalue weighted by Gasteiger charge is -2.12. The standard InChI is InChI=1S/C14H13F3N4O4/c1-25-7-10(13(23)24)18-12(22)9-6-21(20-19-9)11-5-3-2-4-8(11)14(15,16)17/h2-6,10H,7H2,1H3,(H,18,22)(H,23,24). The molecule has 1 heterocycles. The molecule has 11 heteroatoms. The van der Waals surface area contributed by atoms with Gasteiger partial charge in [0.2, 0.25) is 0 Å². The molecule has 0 radical (unpaired) electrons. The van der Waals surface area contributed by atoms with Gasteiger partial charge in [-0.15, -0.1) is 5.10 Å². The number of halogens is 3. The third-order valence-corrected chi connectivity index (χ3v) is 3.12.